The van der Waals surface area contributed by atoms with Gasteiger partial charge in [-0.25, -0.2) is 8.42 Å². The lowest BCUT2D eigenvalue weighted by atomic mass is 10.2. The van der Waals surface area contributed by atoms with Crippen molar-refractivity contribution in [2.75, 3.05) is 26.7 Å². The van der Waals surface area contributed by atoms with Crippen molar-refractivity contribution in [2.24, 2.45) is 0 Å². The van der Waals surface area contributed by atoms with Crippen molar-refractivity contribution in [3.63, 3.8) is 0 Å². The number of ether oxygens (including phenoxy) is 2. The molecule has 0 aromatic heterocycles. The number of carbonyl (C=O) groups excluding carboxylic acids is 2. The van der Waals surface area contributed by atoms with E-state index in [1.165, 1.54) is 35.7 Å². The van der Waals surface area contributed by atoms with Crippen molar-refractivity contribution in [2.45, 2.75) is 31.0 Å². The fourth-order valence-corrected chi connectivity index (χ4v) is 4.24. The minimum atomic E-state index is -3.74. The minimum absolute atomic E-state index is 0.0273. The molecule has 2 rings (SSSR count). The van der Waals surface area contributed by atoms with Crippen LogP contribution in [0.4, 0.5) is 0 Å². The Bertz CT molecular complexity index is 739. The Kier molecular flexibility index (Phi) is 6.15. The molecule has 1 aliphatic rings. The highest BCUT2D eigenvalue weighted by Gasteiger charge is 2.32. The molecule has 0 saturated carbocycles. The second-order valence-corrected chi connectivity index (χ2v) is 7.80. The largest absolute Gasteiger partial charge is 0.468 e. The number of hydrogen-bond acceptors (Lipinski definition) is 6. The van der Waals surface area contributed by atoms with E-state index in [0.29, 0.717) is 0 Å². The van der Waals surface area contributed by atoms with Gasteiger partial charge < -0.3 is 14.8 Å². The van der Waals surface area contributed by atoms with Crippen molar-refractivity contribution >= 4 is 21.9 Å². The van der Waals surface area contributed by atoms with Gasteiger partial charge in [-0.3, -0.25) is 9.59 Å². The van der Waals surface area contributed by atoms with Gasteiger partial charge in [0, 0.05) is 18.7 Å². The van der Waals surface area contributed by atoms with Gasteiger partial charge in [-0.1, -0.05) is 6.07 Å². The Morgan fingerprint density at radius 1 is 1.28 bits per heavy atom. The first-order chi connectivity index (χ1) is 11.7. The van der Waals surface area contributed by atoms with Crippen LogP contribution in [0.5, 0.6) is 0 Å². The zero-order valence-electron chi connectivity index (χ0n) is 14.4. The van der Waals surface area contributed by atoms with Crippen LogP contribution in [0.2, 0.25) is 0 Å². The molecule has 1 fully saturated rings. The zero-order chi connectivity index (χ0) is 18.6. The van der Waals surface area contributed by atoms with E-state index in [-0.39, 0.29) is 42.3 Å². The number of carbonyl (C=O) groups is 2. The van der Waals surface area contributed by atoms with Crippen molar-refractivity contribution < 1.29 is 27.5 Å². The van der Waals surface area contributed by atoms with Gasteiger partial charge in [-0.15, -0.1) is 0 Å². The Morgan fingerprint density at radius 2 is 1.92 bits per heavy atom. The van der Waals surface area contributed by atoms with Crippen LogP contribution in [0.25, 0.3) is 0 Å². The van der Waals surface area contributed by atoms with Gasteiger partial charge in [0.05, 0.1) is 24.2 Å². The molecule has 2 atom stereocenters. The van der Waals surface area contributed by atoms with Gasteiger partial charge in [-0.2, -0.15) is 4.31 Å². The fourth-order valence-electron chi connectivity index (χ4n) is 2.60. The maximum Gasteiger partial charge on any atom is 0.325 e. The van der Waals surface area contributed by atoms with Crippen LogP contribution in [0.15, 0.2) is 29.2 Å². The van der Waals surface area contributed by atoms with E-state index in [1.807, 2.05) is 13.8 Å². The number of rotatable bonds is 5. The van der Waals surface area contributed by atoms with Gasteiger partial charge in [0.2, 0.25) is 10.0 Å². The van der Waals surface area contributed by atoms with Crippen molar-refractivity contribution in [1.82, 2.24) is 9.62 Å². The maximum absolute atomic E-state index is 12.8. The number of methoxy groups -OCH3 is 1. The fraction of sp³-hybridized carbons (Fsp3) is 0.500. The Balaban J connectivity index is 2.19. The minimum Gasteiger partial charge on any atom is -0.468 e. The summed E-state index contributed by atoms with van der Waals surface area (Å²) in [7, 11) is -2.52. The van der Waals surface area contributed by atoms with E-state index in [4.69, 9.17) is 4.74 Å². The molecule has 0 radical (unpaired) electrons. The standard InChI is InChI=1S/C16H22N2O6S/c1-11-9-18(10-12(2)24-11)25(21,22)14-6-4-5-13(7-14)16(20)17-8-15(19)23-3/h4-7,11-12H,8-10H2,1-3H3,(H,17,20)/t11-,12-/m1/s1. The van der Waals surface area contributed by atoms with Crippen LogP contribution in [-0.2, 0) is 24.3 Å². The zero-order valence-corrected chi connectivity index (χ0v) is 15.2. The molecule has 8 nitrogen and oxygen atoms in total. The molecule has 1 saturated heterocycles. The Hall–Kier alpha value is -1.97. The SMILES string of the molecule is COC(=O)CNC(=O)c1cccc(S(=O)(=O)N2C[C@@H](C)O[C@H](C)C2)c1. The molecule has 1 aliphatic heterocycles. The molecule has 1 aromatic carbocycles. The van der Waals surface area contributed by atoms with E-state index >= 15 is 0 Å². The lowest BCUT2D eigenvalue weighted by Gasteiger charge is -2.34. The lowest BCUT2D eigenvalue weighted by Crippen LogP contribution is -2.48. The van der Waals surface area contributed by atoms with Crippen LogP contribution >= 0.6 is 0 Å². The molecule has 1 amide bonds. The molecular formula is C16H22N2O6S. The summed E-state index contributed by atoms with van der Waals surface area (Å²) in [4.78, 5) is 23.2. The first-order valence-electron chi connectivity index (χ1n) is 7.84. The van der Waals surface area contributed by atoms with Gasteiger partial charge in [0.25, 0.3) is 5.91 Å². The summed E-state index contributed by atoms with van der Waals surface area (Å²) in [6, 6.07) is 5.72. The van der Waals surface area contributed by atoms with Crippen LogP contribution in [-0.4, -0.2) is 63.6 Å². The first kappa shape index (κ1) is 19.4. The van der Waals surface area contributed by atoms with E-state index < -0.39 is 21.9 Å². The second-order valence-electron chi connectivity index (χ2n) is 5.87. The third-order valence-corrected chi connectivity index (χ3v) is 5.57. The highest BCUT2D eigenvalue weighted by molar-refractivity contribution is 7.89. The lowest BCUT2D eigenvalue weighted by molar-refractivity contribution is -0.139. The summed E-state index contributed by atoms with van der Waals surface area (Å²) in [5, 5.41) is 2.38. The van der Waals surface area contributed by atoms with Crippen LogP contribution in [0.3, 0.4) is 0 Å². The average Bonchev–Trinajstić information content (AvgIpc) is 2.58. The number of hydrogen-bond donors (Lipinski definition) is 1. The number of morpholine rings is 1. The summed E-state index contributed by atoms with van der Waals surface area (Å²) in [6.45, 7) is 3.85. The molecule has 1 N–H and O–H groups in total. The number of amides is 1. The molecule has 0 aliphatic carbocycles. The average molecular weight is 370 g/mol. The van der Waals surface area contributed by atoms with Crippen molar-refractivity contribution in [3.05, 3.63) is 29.8 Å². The maximum atomic E-state index is 12.8. The number of esters is 1. The van der Waals surface area contributed by atoms with Crippen molar-refractivity contribution in [1.29, 1.82) is 0 Å². The van der Waals surface area contributed by atoms with Gasteiger partial charge in [0.1, 0.15) is 6.54 Å². The Morgan fingerprint density at radius 3 is 2.52 bits per heavy atom. The summed E-state index contributed by atoms with van der Waals surface area (Å²) in [6.07, 6.45) is -0.407. The summed E-state index contributed by atoms with van der Waals surface area (Å²) in [5.41, 5.74) is 0.152. The summed E-state index contributed by atoms with van der Waals surface area (Å²) < 4.78 is 37.0. The first-order valence-corrected chi connectivity index (χ1v) is 9.28. The van der Waals surface area contributed by atoms with E-state index in [0.717, 1.165) is 0 Å². The predicted molar refractivity (Wildman–Crippen MR) is 89.6 cm³/mol. The third-order valence-electron chi connectivity index (χ3n) is 3.74. The molecule has 0 spiro atoms. The second kappa shape index (κ2) is 7.94. The van der Waals surface area contributed by atoms with Crippen LogP contribution < -0.4 is 5.32 Å². The van der Waals surface area contributed by atoms with Crippen LogP contribution in [0, 0.1) is 0 Å². The topological polar surface area (TPSA) is 102 Å². The molecule has 25 heavy (non-hydrogen) atoms. The number of nitrogens with zero attached hydrogens (tertiary/aromatic N) is 1. The summed E-state index contributed by atoms with van der Waals surface area (Å²) >= 11 is 0. The number of sulfonamides is 1. The normalized spacial score (nSPS) is 21.6. The van der Waals surface area contributed by atoms with E-state index in [1.54, 1.807) is 0 Å². The van der Waals surface area contributed by atoms with Gasteiger partial charge in [-0.05, 0) is 32.0 Å². The molecule has 1 aromatic rings. The molecule has 0 unspecified atom stereocenters. The summed E-state index contributed by atoms with van der Waals surface area (Å²) in [5.74, 6) is -1.14. The molecular weight excluding hydrogens is 348 g/mol. The molecule has 0 bridgehead atoms. The smallest absolute Gasteiger partial charge is 0.325 e. The Labute approximate surface area is 147 Å². The third kappa shape index (κ3) is 4.77. The highest BCUT2D eigenvalue weighted by atomic mass is 32.2. The molecule has 138 valence electrons. The van der Waals surface area contributed by atoms with Gasteiger partial charge in [0.15, 0.2) is 0 Å². The predicted octanol–water partition coefficient (Wildman–Crippen LogP) is 0.387. The van der Waals surface area contributed by atoms with E-state index in [2.05, 4.69) is 10.1 Å². The van der Waals surface area contributed by atoms with Crippen LogP contribution in [0.1, 0.15) is 24.2 Å². The molecule has 9 heteroatoms. The molecule has 1 heterocycles. The van der Waals surface area contributed by atoms with Gasteiger partial charge >= 0.3 is 5.97 Å². The van der Waals surface area contributed by atoms with E-state index in [9.17, 15) is 18.0 Å². The van der Waals surface area contributed by atoms with Crippen molar-refractivity contribution in [3.8, 4) is 0 Å². The quantitative estimate of drug-likeness (QED) is 0.752. The number of nitrogens with one attached hydrogen (secondary N) is 1. The monoisotopic (exact) mass is 370 g/mol. The number of benzene rings is 1. The highest BCUT2D eigenvalue weighted by Crippen LogP contribution is 2.21.